The number of halogens is 2. The average molecular weight is 453 g/mol. The molecule has 0 amide bonds. The molecule has 1 aromatic heterocycles. The van der Waals surface area contributed by atoms with Crippen molar-refractivity contribution < 1.29 is 23.8 Å². The molecule has 8 nitrogen and oxygen atoms in total. The van der Waals surface area contributed by atoms with Gasteiger partial charge in [0.25, 0.3) is 0 Å². The monoisotopic (exact) mass is 452 g/mol. The Kier molecular flexibility index (Phi) is 4.84. The first-order chi connectivity index (χ1) is 13.4. The second-order valence-electron chi connectivity index (χ2n) is 6.54. The van der Waals surface area contributed by atoms with E-state index in [1.807, 2.05) is 0 Å². The maximum atomic E-state index is 14.0. The lowest BCUT2D eigenvalue weighted by molar-refractivity contribution is 0.0545. The van der Waals surface area contributed by atoms with Crippen LogP contribution >= 0.6 is 15.9 Å². The number of likely N-dealkylation sites (N-methyl/N-ethyl adjacent to an activating group) is 1. The van der Waals surface area contributed by atoms with Crippen molar-refractivity contribution in [2.45, 2.75) is 25.1 Å². The Morgan fingerprint density at radius 2 is 2.29 bits per heavy atom. The van der Waals surface area contributed by atoms with Gasteiger partial charge in [-0.25, -0.2) is 14.2 Å². The second kappa shape index (κ2) is 7.17. The standard InChI is InChI=1S/C18H18BrFN4O4/c1-23-12(3-4-21-23)16(25)15-14(18(26)27-2)22-17-9-7-10(19)11(20)8-13(9)28-6-5-24(15)17/h4,7-8,12,16,25H,3,5-6H2,1-2H3. The smallest absolute Gasteiger partial charge is 0.358 e. The number of ether oxygens (including phenoxy) is 2. The van der Waals surface area contributed by atoms with Crippen LogP contribution in [0.5, 0.6) is 5.75 Å². The van der Waals surface area contributed by atoms with Crippen LogP contribution in [0.25, 0.3) is 11.4 Å². The number of hydrogen-bond donors (Lipinski definition) is 1. The molecule has 0 bridgehead atoms. The van der Waals surface area contributed by atoms with E-state index in [1.54, 1.807) is 28.9 Å². The topological polar surface area (TPSA) is 89.2 Å². The molecule has 28 heavy (non-hydrogen) atoms. The number of esters is 1. The zero-order valence-corrected chi connectivity index (χ0v) is 16.8. The van der Waals surface area contributed by atoms with Gasteiger partial charge in [0.05, 0.1) is 35.4 Å². The molecule has 2 aliphatic rings. The number of fused-ring (bicyclic) bond motifs is 3. The summed E-state index contributed by atoms with van der Waals surface area (Å²) in [7, 11) is 3.02. The first kappa shape index (κ1) is 18.9. The third kappa shape index (κ3) is 2.96. The molecule has 2 aromatic rings. The molecule has 2 unspecified atom stereocenters. The highest BCUT2D eigenvalue weighted by Crippen LogP contribution is 2.39. The molecule has 3 heterocycles. The largest absolute Gasteiger partial charge is 0.491 e. The predicted molar refractivity (Wildman–Crippen MR) is 102 cm³/mol. The van der Waals surface area contributed by atoms with E-state index in [9.17, 15) is 14.3 Å². The number of aliphatic hydroxyl groups excluding tert-OH is 1. The Bertz CT molecular complexity index is 977. The number of aliphatic hydroxyl groups is 1. The predicted octanol–water partition coefficient (Wildman–Crippen LogP) is 2.35. The van der Waals surface area contributed by atoms with Crippen LogP contribution in [-0.4, -0.2) is 58.7 Å². The number of imidazole rings is 1. The number of benzene rings is 1. The minimum atomic E-state index is -1.03. The summed E-state index contributed by atoms with van der Waals surface area (Å²) in [6.45, 7) is 0.561. The summed E-state index contributed by atoms with van der Waals surface area (Å²) in [6.07, 6.45) is 1.21. The molecular weight excluding hydrogens is 435 g/mol. The fourth-order valence-corrected chi connectivity index (χ4v) is 3.89. The van der Waals surface area contributed by atoms with Crippen molar-refractivity contribution in [1.29, 1.82) is 0 Å². The molecular formula is C18H18BrFN4O4. The number of hydrazone groups is 1. The molecule has 0 aliphatic carbocycles. The molecule has 4 rings (SSSR count). The van der Waals surface area contributed by atoms with E-state index in [2.05, 4.69) is 26.0 Å². The summed E-state index contributed by atoms with van der Waals surface area (Å²) in [5, 5.41) is 16.9. The van der Waals surface area contributed by atoms with E-state index >= 15 is 0 Å². The molecule has 0 saturated heterocycles. The summed E-state index contributed by atoms with van der Waals surface area (Å²) in [5.74, 6) is -0.385. The van der Waals surface area contributed by atoms with Crippen LogP contribution in [0.2, 0.25) is 0 Å². The van der Waals surface area contributed by atoms with E-state index in [4.69, 9.17) is 9.47 Å². The molecule has 2 aliphatic heterocycles. The lowest BCUT2D eigenvalue weighted by atomic mass is 10.0. The van der Waals surface area contributed by atoms with Crippen molar-refractivity contribution in [3.8, 4) is 17.1 Å². The summed E-state index contributed by atoms with van der Waals surface area (Å²) >= 11 is 3.18. The van der Waals surface area contributed by atoms with Crippen LogP contribution in [0.4, 0.5) is 4.39 Å². The van der Waals surface area contributed by atoms with Gasteiger partial charge in [-0.3, -0.25) is 5.01 Å². The Labute approximate surface area is 168 Å². The van der Waals surface area contributed by atoms with Crippen molar-refractivity contribution in [2.75, 3.05) is 20.8 Å². The Morgan fingerprint density at radius 1 is 1.50 bits per heavy atom. The first-order valence-corrected chi connectivity index (χ1v) is 9.46. The number of rotatable bonds is 3. The Hall–Kier alpha value is -2.46. The average Bonchev–Trinajstić information content (AvgIpc) is 3.23. The molecule has 10 heteroatoms. The third-order valence-electron chi connectivity index (χ3n) is 4.96. The maximum Gasteiger partial charge on any atom is 0.358 e. The van der Waals surface area contributed by atoms with Gasteiger partial charge in [-0.05, 0) is 22.0 Å². The van der Waals surface area contributed by atoms with Crippen LogP contribution in [0.1, 0.15) is 28.7 Å². The SMILES string of the molecule is COC(=O)c1nc2n(c1C(O)C1CC=NN1C)CCOc1cc(F)c(Br)cc1-2. The molecule has 0 spiro atoms. The molecule has 0 saturated carbocycles. The van der Waals surface area contributed by atoms with Gasteiger partial charge < -0.3 is 19.1 Å². The van der Waals surface area contributed by atoms with Crippen LogP contribution < -0.4 is 4.74 Å². The second-order valence-corrected chi connectivity index (χ2v) is 7.40. The number of carbonyl (C=O) groups excluding carboxylic acids is 1. The highest BCUT2D eigenvalue weighted by Gasteiger charge is 2.36. The zero-order valence-electron chi connectivity index (χ0n) is 15.2. The van der Waals surface area contributed by atoms with Gasteiger partial charge in [-0.1, -0.05) is 0 Å². The van der Waals surface area contributed by atoms with Gasteiger partial charge in [0.15, 0.2) is 5.69 Å². The highest BCUT2D eigenvalue weighted by molar-refractivity contribution is 9.10. The Morgan fingerprint density at radius 3 is 2.96 bits per heavy atom. The summed E-state index contributed by atoms with van der Waals surface area (Å²) in [5.41, 5.74) is 0.880. The molecule has 148 valence electrons. The van der Waals surface area contributed by atoms with Crippen molar-refractivity contribution in [3.63, 3.8) is 0 Å². The lowest BCUT2D eigenvalue weighted by Gasteiger charge is -2.26. The van der Waals surface area contributed by atoms with Crippen molar-refractivity contribution >= 4 is 28.1 Å². The number of methoxy groups -OCH3 is 1. The van der Waals surface area contributed by atoms with Crippen molar-refractivity contribution in [1.82, 2.24) is 14.6 Å². The molecule has 0 radical (unpaired) electrons. The third-order valence-corrected chi connectivity index (χ3v) is 5.56. The number of aromatic nitrogens is 2. The minimum absolute atomic E-state index is 0.0265. The molecule has 2 atom stereocenters. The zero-order chi connectivity index (χ0) is 20.0. The van der Waals surface area contributed by atoms with Crippen LogP contribution in [0.3, 0.4) is 0 Å². The van der Waals surface area contributed by atoms with Gasteiger partial charge in [0, 0.05) is 25.7 Å². The van der Waals surface area contributed by atoms with Crippen LogP contribution in [-0.2, 0) is 11.3 Å². The highest BCUT2D eigenvalue weighted by atomic mass is 79.9. The quantitative estimate of drug-likeness (QED) is 0.718. The van der Waals surface area contributed by atoms with Gasteiger partial charge >= 0.3 is 5.97 Å². The van der Waals surface area contributed by atoms with Crippen LogP contribution in [0, 0.1) is 5.82 Å². The van der Waals surface area contributed by atoms with Crippen molar-refractivity contribution in [2.24, 2.45) is 5.10 Å². The molecule has 0 fully saturated rings. The Balaban J connectivity index is 1.91. The fraction of sp³-hybridized carbons (Fsp3) is 0.389. The number of nitrogens with zero attached hydrogens (tertiary/aromatic N) is 4. The number of carbonyl (C=O) groups is 1. The maximum absolute atomic E-state index is 14.0. The normalized spacial score (nSPS) is 18.9. The van der Waals surface area contributed by atoms with E-state index in [1.165, 1.54) is 13.2 Å². The minimum Gasteiger partial charge on any atom is -0.491 e. The van der Waals surface area contributed by atoms with E-state index in [0.29, 0.717) is 35.8 Å². The molecule has 1 N–H and O–H groups in total. The summed E-state index contributed by atoms with van der Waals surface area (Å²) < 4.78 is 26.5. The summed E-state index contributed by atoms with van der Waals surface area (Å²) in [4.78, 5) is 16.9. The van der Waals surface area contributed by atoms with Gasteiger partial charge in [-0.2, -0.15) is 5.10 Å². The van der Waals surface area contributed by atoms with Gasteiger partial charge in [-0.15, -0.1) is 0 Å². The number of hydrogen-bond acceptors (Lipinski definition) is 7. The van der Waals surface area contributed by atoms with Gasteiger partial charge in [0.1, 0.15) is 30.1 Å². The van der Waals surface area contributed by atoms with Gasteiger partial charge in [0.2, 0.25) is 0 Å². The van der Waals surface area contributed by atoms with Crippen molar-refractivity contribution in [3.05, 3.63) is 33.8 Å². The first-order valence-electron chi connectivity index (χ1n) is 8.66. The van der Waals surface area contributed by atoms with E-state index < -0.39 is 17.9 Å². The molecule has 1 aromatic carbocycles. The lowest BCUT2D eigenvalue weighted by Crippen LogP contribution is -2.32. The van der Waals surface area contributed by atoms with Crippen LogP contribution in [0.15, 0.2) is 21.7 Å². The van der Waals surface area contributed by atoms with E-state index in [0.717, 1.165) is 0 Å². The van der Waals surface area contributed by atoms with E-state index in [-0.39, 0.29) is 22.8 Å². The summed E-state index contributed by atoms with van der Waals surface area (Å²) in [6, 6.07) is 2.49. The fourth-order valence-electron chi connectivity index (χ4n) is 3.55.